The number of nitrogens with one attached hydrogen (secondary N) is 1. The van der Waals surface area contributed by atoms with Crippen LogP contribution in [0.3, 0.4) is 0 Å². The van der Waals surface area contributed by atoms with Gasteiger partial charge in [0.25, 0.3) is 0 Å². The van der Waals surface area contributed by atoms with Gasteiger partial charge in [0.2, 0.25) is 10.0 Å². The smallest absolute Gasteiger partial charge is 0.243 e. The zero-order valence-corrected chi connectivity index (χ0v) is 14.2. The fourth-order valence-electron chi connectivity index (χ4n) is 2.51. The molecule has 21 heavy (non-hydrogen) atoms. The number of hydrogen-bond donors (Lipinski definition) is 2. The third-order valence-corrected chi connectivity index (χ3v) is 6.38. The highest BCUT2D eigenvalue weighted by Gasteiger charge is 2.30. The number of sulfonamides is 1. The predicted octanol–water partition coefficient (Wildman–Crippen LogP) is 1.67. The minimum atomic E-state index is -3.65. The monoisotopic (exact) mass is 345 g/mol. The summed E-state index contributed by atoms with van der Waals surface area (Å²) in [5.74, 6) is 1.05. The Kier molecular flexibility index (Phi) is 5.59. The highest BCUT2D eigenvalue weighted by molar-refractivity contribution is 7.99. The van der Waals surface area contributed by atoms with Gasteiger partial charge in [0.15, 0.2) is 0 Å². The van der Waals surface area contributed by atoms with Gasteiger partial charge < -0.3 is 5.73 Å². The van der Waals surface area contributed by atoms with Crippen LogP contribution in [0, 0.1) is 0 Å². The lowest BCUT2D eigenvalue weighted by atomic mass is 10.3. The Bertz CT molecular complexity index is 619. The summed E-state index contributed by atoms with van der Waals surface area (Å²) in [6.45, 7) is 2.12. The number of thiocarbonyl (C=S) groups is 1. The van der Waals surface area contributed by atoms with Crippen molar-refractivity contribution in [1.82, 2.24) is 9.71 Å². The lowest BCUT2D eigenvalue weighted by Gasteiger charge is -2.15. The quantitative estimate of drug-likeness (QED) is 0.763. The van der Waals surface area contributed by atoms with Crippen molar-refractivity contribution in [2.45, 2.75) is 42.4 Å². The molecule has 3 N–H and O–H groups in total. The first-order valence-corrected chi connectivity index (χ1v) is 9.76. The SMILES string of the molecule is CCSC1CCC(NS(=O)(=O)c2cccnc2C(N)=S)C1. The van der Waals surface area contributed by atoms with Crippen molar-refractivity contribution >= 4 is 39.0 Å². The summed E-state index contributed by atoms with van der Waals surface area (Å²) in [7, 11) is -3.65. The van der Waals surface area contributed by atoms with Crippen molar-refractivity contribution in [3.63, 3.8) is 0 Å². The molecule has 5 nitrogen and oxygen atoms in total. The van der Waals surface area contributed by atoms with Crippen molar-refractivity contribution in [3.8, 4) is 0 Å². The first-order valence-electron chi connectivity index (χ1n) is 6.82. The van der Waals surface area contributed by atoms with Gasteiger partial charge in [-0.05, 0) is 37.1 Å². The first kappa shape index (κ1) is 16.7. The van der Waals surface area contributed by atoms with Crippen molar-refractivity contribution in [1.29, 1.82) is 0 Å². The molecule has 116 valence electrons. The van der Waals surface area contributed by atoms with Crippen LogP contribution in [0.25, 0.3) is 0 Å². The highest BCUT2D eigenvalue weighted by atomic mass is 32.2. The van der Waals surface area contributed by atoms with Crippen LogP contribution in [0.2, 0.25) is 0 Å². The summed E-state index contributed by atoms with van der Waals surface area (Å²) in [6, 6.07) is 3.02. The third kappa shape index (κ3) is 4.15. The fraction of sp³-hybridized carbons (Fsp3) is 0.538. The van der Waals surface area contributed by atoms with Crippen molar-refractivity contribution in [2.75, 3.05) is 5.75 Å². The van der Waals surface area contributed by atoms with Gasteiger partial charge in [-0.25, -0.2) is 13.1 Å². The molecule has 0 bridgehead atoms. The van der Waals surface area contributed by atoms with E-state index < -0.39 is 10.0 Å². The van der Waals surface area contributed by atoms with E-state index in [1.807, 2.05) is 11.8 Å². The van der Waals surface area contributed by atoms with E-state index in [-0.39, 0.29) is 21.6 Å². The number of thioether (sulfide) groups is 1. The molecule has 1 aliphatic carbocycles. The maximum absolute atomic E-state index is 12.5. The Hall–Kier alpha value is -0.700. The van der Waals surface area contributed by atoms with Gasteiger partial charge in [-0.2, -0.15) is 11.8 Å². The van der Waals surface area contributed by atoms with Crippen LogP contribution in [-0.2, 0) is 10.0 Å². The number of pyridine rings is 1. The molecule has 2 unspecified atom stereocenters. The maximum atomic E-state index is 12.5. The molecular formula is C13H19N3O2S3. The largest absolute Gasteiger partial charge is 0.388 e. The Morgan fingerprint density at radius 1 is 1.57 bits per heavy atom. The molecule has 1 saturated carbocycles. The molecule has 0 spiro atoms. The lowest BCUT2D eigenvalue weighted by Crippen LogP contribution is -2.34. The average Bonchev–Trinajstić information content (AvgIpc) is 2.86. The zero-order chi connectivity index (χ0) is 15.5. The number of hydrogen-bond acceptors (Lipinski definition) is 5. The van der Waals surface area contributed by atoms with E-state index in [4.69, 9.17) is 18.0 Å². The van der Waals surface area contributed by atoms with Crippen LogP contribution in [-0.4, -0.2) is 35.4 Å². The number of nitrogens with two attached hydrogens (primary N) is 1. The molecule has 1 aromatic rings. The van der Waals surface area contributed by atoms with Gasteiger partial charge in [0, 0.05) is 17.5 Å². The maximum Gasteiger partial charge on any atom is 0.243 e. The molecule has 8 heteroatoms. The number of rotatable bonds is 6. The van der Waals surface area contributed by atoms with Gasteiger partial charge >= 0.3 is 0 Å². The summed E-state index contributed by atoms with van der Waals surface area (Å²) < 4.78 is 27.8. The lowest BCUT2D eigenvalue weighted by molar-refractivity contribution is 0.552. The van der Waals surface area contributed by atoms with Crippen molar-refractivity contribution in [3.05, 3.63) is 24.0 Å². The average molecular weight is 346 g/mol. The predicted molar refractivity (Wildman–Crippen MR) is 90.0 cm³/mol. The van der Waals surface area contributed by atoms with Gasteiger partial charge in [-0.1, -0.05) is 19.1 Å². The summed E-state index contributed by atoms with van der Waals surface area (Å²) in [4.78, 5) is 4.02. The second-order valence-corrected chi connectivity index (χ2v) is 8.62. The highest BCUT2D eigenvalue weighted by Crippen LogP contribution is 2.30. The van der Waals surface area contributed by atoms with Crippen LogP contribution in [0.4, 0.5) is 0 Å². The Morgan fingerprint density at radius 3 is 3.00 bits per heavy atom. The molecule has 2 rings (SSSR count). The van der Waals surface area contributed by atoms with E-state index in [1.54, 1.807) is 6.07 Å². The second-order valence-electron chi connectivity index (χ2n) is 4.92. The molecule has 0 aliphatic heterocycles. The second kappa shape index (κ2) is 7.04. The van der Waals surface area contributed by atoms with Crippen LogP contribution in [0.1, 0.15) is 31.9 Å². The third-order valence-electron chi connectivity index (χ3n) is 3.40. The van der Waals surface area contributed by atoms with Crippen LogP contribution in [0.15, 0.2) is 23.2 Å². The van der Waals surface area contributed by atoms with Gasteiger partial charge in [0.05, 0.1) is 0 Å². The topological polar surface area (TPSA) is 85.1 Å². The standard InChI is InChI=1S/C13H19N3O2S3/c1-2-20-10-6-5-9(8-10)16-21(17,18)11-4-3-7-15-12(11)13(14)19/h3-4,7,9-10,16H,2,5-6,8H2,1H3,(H2,14,19). The van der Waals surface area contributed by atoms with Gasteiger partial charge in [0.1, 0.15) is 15.6 Å². The first-order chi connectivity index (χ1) is 9.94. The fourth-order valence-corrected chi connectivity index (χ4v) is 5.33. The molecular weight excluding hydrogens is 326 g/mol. The zero-order valence-electron chi connectivity index (χ0n) is 11.8. The number of nitrogens with zero attached hydrogens (tertiary/aromatic N) is 1. The Labute approximate surface area is 135 Å². The van der Waals surface area contributed by atoms with Gasteiger partial charge in [-0.15, -0.1) is 0 Å². The van der Waals surface area contributed by atoms with E-state index in [0.29, 0.717) is 5.25 Å². The molecule has 0 aromatic carbocycles. The van der Waals surface area contributed by atoms with E-state index in [0.717, 1.165) is 25.0 Å². The molecule has 1 aliphatic rings. The van der Waals surface area contributed by atoms with Crippen LogP contribution < -0.4 is 10.5 Å². The van der Waals surface area contributed by atoms with Crippen molar-refractivity contribution in [2.24, 2.45) is 5.73 Å². The van der Waals surface area contributed by atoms with Crippen LogP contribution in [0.5, 0.6) is 0 Å². The van der Waals surface area contributed by atoms with E-state index >= 15 is 0 Å². The molecule has 1 fully saturated rings. The Morgan fingerprint density at radius 2 is 2.33 bits per heavy atom. The van der Waals surface area contributed by atoms with Crippen LogP contribution >= 0.6 is 24.0 Å². The van der Waals surface area contributed by atoms with Crippen molar-refractivity contribution < 1.29 is 8.42 Å². The molecule has 2 atom stereocenters. The minimum absolute atomic E-state index is 0.0122. The van der Waals surface area contributed by atoms with E-state index in [1.165, 1.54) is 12.3 Å². The Balaban J connectivity index is 2.15. The summed E-state index contributed by atoms with van der Waals surface area (Å²) in [5, 5.41) is 0.534. The number of aromatic nitrogens is 1. The van der Waals surface area contributed by atoms with Gasteiger partial charge in [-0.3, -0.25) is 4.98 Å². The summed E-state index contributed by atoms with van der Waals surface area (Å²) in [6.07, 6.45) is 4.25. The summed E-state index contributed by atoms with van der Waals surface area (Å²) in [5.41, 5.74) is 5.70. The molecule has 1 aromatic heterocycles. The molecule has 1 heterocycles. The van der Waals surface area contributed by atoms with E-state index in [2.05, 4.69) is 16.6 Å². The van der Waals surface area contributed by atoms with E-state index in [9.17, 15) is 8.42 Å². The molecule has 0 radical (unpaired) electrons. The normalized spacial score (nSPS) is 22.3. The minimum Gasteiger partial charge on any atom is -0.388 e. The molecule has 0 amide bonds. The molecule has 0 saturated heterocycles. The summed E-state index contributed by atoms with van der Waals surface area (Å²) >= 11 is 6.76.